The molecule has 2 aromatic carbocycles. The van der Waals surface area contributed by atoms with Gasteiger partial charge in [-0.1, -0.05) is 41.1 Å². The molecule has 3 aromatic rings. The molecular formula is C19H21ClN3O2S+. The van der Waals surface area contributed by atoms with Crippen LogP contribution in [0.25, 0.3) is 10.2 Å². The van der Waals surface area contributed by atoms with E-state index in [4.69, 9.17) is 16.3 Å². The highest BCUT2D eigenvalue weighted by Gasteiger charge is 2.24. The largest absolute Gasteiger partial charge is 0.496 e. The Hall–Kier alpha value is -2.15. The summed E-state index contributed by atoms with van der Waals surface area (Å²) in [4.78, 5) is 20.9. The zero-order chi connectivity index (χ0) is 18.7. The number of thiazole rings is 1. The van der Waals surface area contributed by atoms with Crippen LogP contribution in [0.2, 0.25) is 5.02 Å². The van der Waals surface area contributed by atoms with Crippen molar-refractivity contribution in [3.8, 4) is 5.75 Å². The Morgan fingerprint density at radius 3 is 2.69 bits per heavy atom. The maximum atomic E-state index is 13.3. The summed E-state index contributed by atoms with van der Waals surface area (Å²) >= 11 is 7.73. The molecule has 1 heterocycles. The number of nitrogens with one attached hydrogen (secondary N) is 1. The van der Waals surface area contributed by atoms with Gasteiger partial charge in [-0.05, 0) is 24.3 Å². The van der Waals surface area contributed by atoms with Crippen molar-refractivity contribution in [1.82, 2.24) is 4.98 Å². The number of carbonyl (C=O) groups excluding carboxylic acids is 1. The fourth-order valence-electron chi connectivity index (χ4n) is 2.60. The van der Waals surface area contributed by atoms with Crippen molar-refractivity contribution in [2.45, 2.75) is 0 Å². The van der Waals surface area contributed by atoms with Crippen molar-refractivity contribution < 1.29 is 14.4 Å². The lowest BCUT2D eigenvalue weighted by Crippen LogP contribution is -3.06. The van der Waals surface area contributed by atoms with Crippen LogP contribution in [0.3, 0.4) is 0 Å². The van der Waals surface area contributed by atoms with Gasteiger partial charge in [-0.25, -0.2) is 4.98 Å². The van der Waals surface area contributed by atoms with Gasteiger partial charge in [0.1, 0.15) is 11.3 Å². The predicted octanol–water partition coefficient (Wildman–Crippen LogP) is 2.75. The smallest absolute Gasteiger partial charge is 0.264 e. The lowest BCUT2D eigenvalue weighted by Gasteiger charge is -2.21. The lowest BCUT2D eigenvalue weighted by atomic mass is 10.1. The van der Waals surface area contributed by atoms with Gasteiger partial charge in [0.25, 0.3) is 5.91 Å². The molecule has 136 valence electrons. The molecule has 0 radical (unpaired) electrons. The maximum Gasteiger partial charge on any atom is 0.264 e. The summed E-state index contributed by atoms with van der Waals surface area (Å²) in [6, 6.07) is 12.9. The fourth-order valence-corrected chi connectivity index (χ4v) is 3.89. The highest BCUT2D eigenvalue weighted by molar-refractivity contribution is 7.22. The topological polar surface area (TPSA) is 46.9 Å². The maximum absolute atomic E-state index is 13.3. The Morgan fingerprint density at radius 2 is 2.00 bits per heavy atom. The van der Waals surface area contributed by atoms with Crippen LogP contribution >= 0.6 is 22.9 Å². The van der Waals surface area contributed by atoms with Crippen LogP contribution in [0.15, 0.2) is 42.5 Å². The van der Waals surface area contributed by atoms with Crippen LogP contribution in [0.4, 0.5) is 5.13 Å². The van der Waals surface area contributed by atoms with Gasteiger partial charge in [0.05, 0.1) is 49.6 Å². The summed E-state index contributed by atoms with van der Waals surface area (Å²) in [6.45, 7) is 1.35. The molecule has 1 N–H and O–H groups in total. The number of nitrogens with zero attached hydrogens (tertiary/aromatic N) is 2. The van der Waals surface area contributed by atoms with E-state index in [1.54, 1.807) is 24.1 Å². The average Bonchev–Trinajstić information content (AvgIpc) is 3.06. The molecule has 1 amide bonds. The number of halogens is 1. The number of methoxy groups -OCH3 is 1. The van der Waals surface area contributed by atoms with E-state index in [0.29, 0.717) is 28.0 Å². The van der Waals surface area contributed by atoms with E-state index < -0.39 is 0 Å². The molecule has 0 saturated carbocycles. The standard InChI is InChI=1S/C19H20ClN3O2S/c1-22(2)11-12-23(18(24)13-7-4-5-9-15(13)25-3)19-21-17-14(20)8-6-10-16(17)26-19/h4-10H,11-12H2,1-3H3/p+1. The molecule has 3 rings (SSSR count). The van der Waals surface area contributed by atoms with Gasteiger partial charge in [-0.15, -0.1) is 0 Å². The van der Waals surface area contributed by atoms with Crippen LogP contribution in [0, 0.1) is 0 Å². The van der Waals surface area contributed by atoms with Gasteiger partial charge in [0, 0.05) is 0 Å². The van der Waals surface area contributed by atoms with Crippen molar-refractivity contribution in [3.05, 3.63) is 53.1 Å². The van der Waals surface area contributed by atoms with Crippen LogP contribution < -0.4 is 14.5 Å². The van der Waals surface area contributed by atoms with E-state index in [1.807, 2.05) is 30.3 Å². The number of aromatic nitrogens is 1. The van der Waals surface area contributed by atoms with Crippen LogP contribution in [0.1, 0.15) is 10.4 Å². The summed E-state index contributed by atoms with van der Waals surface area (Å²) in [7, 11) is 5.68. The molecule has 0 aliphatic heterocycles. The SMILES string of the molecule is COc1ccccc1C(=O)N(CC[NH+](C)C)c1nc2c(Cl)cccc2s1. The fraction of sp³-hybridized carbons (Fsp3) is 0.263. The average molecular weight is 391 g/mol. The van der Waals surface area contributed by atoms with Crippen molar-refractivity contribution in [2.24, 2.45) is 0 Å². The third kappa shape index (κ3) is 3.82. The van der Waals surface area contributed by atoms with Gasteiger partial charge in [-0.2, -0.15) is 0 Å². The highest BCUT2D eigenvalue weighted by atomic mass is 35.5. The molecule has 0 bridgehead atoms. The second kappa shape index (κ2) is 8.03. The summed E-state index contributed by atoms with van der Waals surface area (Å²) in [6.07, 6.45) is 0. The minimum Gasteiger partial charge on any atom is -0.496 e. The molecule has 1 aromatic heterocycles. The zero-order valence-corrected chi connectivity index (χ0v) is 16.5. The van der Waals surface area contributed by atoms with Gasteiger partial charge >= 0.3 is 0 Å². The number of hydrogen-bond acceptors (Lipinski definition) is 4. The number of para-hydroxylation sites is 2. The number of likely N-dealkylation sites (N-methyl/N-ethyl adjacent to an activating group) is 1. The second-order valence-electron chi connectivity index (χ2n) is 6.20. The summed E-state index contributed by atoms with van der Waals surface area (Å²) < 4.78 is 6.33. The van der Waals surface area contributed by atoms with Crippen LogP contribution in [0.5, 0.6) is 5.75 Å². The molecule has 0 aliphatic rings. The number of amides is 1. The Bertz CT molecular complexity index is 926. The van der Waals surface area contributed by atoms with E-state index in [1.165, 1.54) is 16.2 Å². The molecular weight excluding hydrogens is 370 g/mol. The normalized spacial score (nSPS) is 11.1. The first-order valence-electron chi connectivity index (χ1n) is 8.30. The van der Waals surface area contributed by atoms with Crippen molar-refractivity contribution in [3.63, 3.8) is 0 Å². The second-order valence-corrected chi connectivity index (χ2v) is 7.61. The van der Waals surface area contributed by atoms with E-state index in [0.717, 1.165) is 16.8 Å². The first-order chi connectivity index (χ1) is 12.5. The number of benzene rings is 2. The Kier molecular flexibility index (Phi) is 5.76. The molecule has 5 nitrogen and oxygen atoms in total. The number of carbonyl (C=O) groups is 1. The van der Waals surface area contributed by atoms with Crippen LogP contribution in [-0.2, 0) is 0 Å². The number of rotatable bonds is 6. The first kappa shape index (κ1) is 18.6. The van der Waals surface area contributed by atoms with Crippen LogP contribution in [-0.4, -0.2) is 45.2 Å². The molecule has 7 heteroatoms. The third-order valence-corrected chi connectivity index (χ3v) is 5.36. The Balaban J connectivity index is 2.03. The van der Waals surface area contributed by atoms with E-state index in [9.17, 15) is 4.79 Å². The quantitative estimate of drug-likeness (QED) is 0.704. The minimum absolute atomic E-state index is 0.126. The number of fused-ring (bicyclic) bond motifs is 1. The van der Waals surface area contributed by atoms with Gasteiger partial charge in [0.2, 0.25) is 0 Å². The zero-order valence-electron chi connectivity index (χ0n) is 15.0. The number of quaternary nitrogens is 1. The molecule has 0 unspecified atom stereocenters. The third-order valence-electron chi connectivity index (χ3n) is 4.01. The predicted molar refractivity (Wildman–Crippen MR) is 107 cm³/mol. The van der Waals surface area contributed by atoms with Crippen molar-refractivity contribution in [1.29, 1.82) is 0 Å². The monoisotopic (exact) mass is 390 g/mol. The van der Waals surface area contributed by atoms with Crippen molar-refractivity contribution >= 4 is 44.2 Å². The van der Waals surface area contributed by atoms with Gasteiger partial charge in [-0.3, -0.25) is 9.69 Å². The number of ether oxygens (including phenoxy) is 1. The summed E-state index contributed by atoms with van der Waals surface area (Å²) in [5.41, 5.74) is 1.25. The lowest BCUT2D eigenvalue weighted by molar-refractivity contribution is -0.856. The molecule has 0 aliphatic carbocycles. The molecule has 0 fully saturated rings. The van der Waals surface area contributed by atoms with E-state index in [2.05, 4.69) is 19.1 Å². The van der Waals surface area contributed by atoms with Gasteiger partial charge in [0.15, 0.2) is 5.13 Å². The molecule has 26 heavy (non-hydrogen) atoms. The van der Waals surface area contributed by atoms with Crippen molar-refractivity contribution in [2.75, 3.05) is 39.2 Å². The number of hydrogen-bond donors (Lipinski definition) is 1. The Morgan fingerprint density at radius 1 is 1.23 bits per heavy atom. The molecule has 0 spiro atoms. The minimum atomic E-state index is -0.126. The molecule has 0 saturated heterocycles. The summed E-state index contributed by atoms with van der Waals surface area (Å²) in [5, 5.41) is 1.23. The van der Waals surface area contributed by atoms with E-state index >= 15 is 0 Å². The first-order valence-corrected chi connectivity index (χ1v) is 9.49. The van der Waals surface area contributed by atoms with E-state index in [-0.39, 0.29) is 5.91 Å². The number of anilines is 1. The Labute approximate surface area is 161 Å². The van der Waals surface area contributed by atoms with Gasteiger partial charge < -0.3 is 9.64 Å². The summed E-state index contributed by atoms with van der Waals surface area (Å²) in [5.74, 6) is 0.428. The highest BCUT2D eigenvalue weighted by Crippen LogP contribution is 2.34. The molecule has 0 atom stereocenters.